The van der Waals surface area contributed by atoms with E-state index in [0.29, 0.717) is 46.0 Å². The Morgan fingerprint density at radius 1 is 1.03 bits per heavy atom. The van der Waals surface area contributed by atoms with Gasteiger partial charge in [0, 0.05) is 17.0 Å². The molecule has 0 saturated carbocycles. The lowest BCUT2D eigenvalue weighted by molar-refractivity contribution is 0.340. The summed E-state index contributed by atoms with van der Waals surface area (Å²) in [6.07, 6.45) is 0. The summed E-state index contributed by atoms with van der Waals surface area (Å²) in [6.45, 7) is 5.04. The third-order valence-corrected chi connectivity index (χ3v) is 7.31. The van der Waals surface area contributed by atoms with Crippen LogP contribution in [0.3, 0.4) is 0 Å². The highest BCUT2D eigenvalue weighted by Gasteiger charge is 2.16. The van der Waals surface area contributed by atoms with Crippen molar-refractivity contribution in [2.45, 2.75) is 31.3 Å². The van der Waals surface area contributed by atoms with Crippen LogP contribution < -0.4 is 10.3 Å². The highest BCUT2D eigenvalue weighted by atomic mass is 32.2. The largest absolute Gasteiger partial charge is 0.494 e. The van der Waals surface area contributed by atoms with Crippen molar-refractivity contribution < 1.29 is 9.26 Å². The zero-order valence-corrected chi connectivity index (χ0v) is 20.4. The van der Waals surface area contributed by atoms with Gasteiger partial charge in [-0.25, -0.2) is 4.98 Å². The van der Waals surface area contributed by atoms with Crippen LogP contribution in [-0.2, 0) is 12.3 Å². The van der Waals surface area contributed by atoms with Gasteiger partial charge in [-0.3, -0.25) is 9.36 Å². The third-order valence-electron chi connectivity index (χ3n) is 5.19. The molecule has 0 radical (unpaired) electrons. The number of thiophene rings is 1. The molecule has 3 aromatic heterocycles. The number of ether oxygens (including phenoxy) is 1. The number of benzene rings is 2. The van der Waals surface area contributed by atoms with Gasteiger partial charge in [-0.2, -0.15) is 4.98 Å². The van der Waals surface area contributed by atoms with Crippen LogP contribution >= 0.6 is 23.1 Å². The Hall–Kier alpha value is -3.43. The van der Waals surface area contributed by atoms with Gasteiger partial charge in [-0.1, -0.05) is 47.3 Å². The fraction of sp³-hybridized carbons (Fsp3) is 0.200. The first-order valence-corrected chi connectivity index (χ1v) is 12.7. The molecule has 0 aliphatic heterocycles. The van der Waals surface area contributed by atoms with Gasteiger partial charge in [0.05, 0.1) is 17.9 Å². The lowest BCUT2D eigenvalue weighted by Gasteiger charge is -2.08. The minimum absolute atomic E-state index is 0.0252. The Bertz CT molecular complexity index is 1470. The molecule has 0 N–H and O–H groups in total. The van der Waals surface area contributed by atoms with Crippen LogP contribution in [0.2, 0.25) is 0 Å². The predicted octanol–water partition coefficient (Wildman–Crippen LogP) is 5.89. The summed E-state index contributed by atoms with van der Waals surface area (Å²) in [5, 5.41) is 4.73. The Kier molecular flexibility index (Phi) is 6.46. The summed E-state index contributed by atoms with van der Waals surface area (Å²) in [5.74, 6) is 2.20. The van der Waals surface area contributed by atoms with Gasteiger partial charge >= 0.3 is 0 Å². The molecule has 172 valence electrons. The molecule has 3 heterocycles. The van der Waals surface area contributed by atoms with Crippen LogP contribution in [0.15, 0.2) is 75.1 Å². The number of hydrogen-bond donors (Lipinski definition) is 0. The SMILES string of the molecule is CCOc1ccc(-c2noc(CSc3nc4cc(-c5ccccc5)sc4c(=O)n3CC)n2)cc1. The molecule has 0 fully saturated rings. The molecule has 5 rings (SSSR count). The van der Waals surface area contributed by atoms with E-state index in [0.717, 1.165) is 21.8 Å². The Balaban J connectivity index is 1.38. The van der Waals surface area contributed by atoms with E-state index in [1.807, 2.05) is 74.5 Å². The van der Waals surface area contributed by atoms with Crippen molar-refractivity contribution in [3.05, 3.63) is 76.9 Å². The molecule has 0 aliphatic rings. The van der Waals surface area contributed by atoms with Crippen LogP contribution in [0.1, 0.15) is 19.7 Å². The molecular weight excluding hydrogens is 468 g/mol. The Morgan fingerprint density at radius 2 is 1.82 bits per heavy atom. The second-order valence-corrected chi connectivity index (χ2v) is 9.39. The fourth-order valence-electron chi connectivity index (χ4n) is 3.55. The molecule has 0 atom stereocenters. The van der Waals surface area contributed by atoms with E-state index >= 15 is 0 Å². The van der Waals surface area contributed by atoms with E-state index in [1.165, 1.54) is 23.1 Å². The fourth-order valence-corrected chi connectivity index (χ4v) is 5.50. The monoisotopic (exact) mass is 490 g/mol. The van der Waals surface area contributed by atoms with E-state index in [-0.39, 0.29) is 5.56 Å². The first-order valence-electron chi connectivity index (χ1n) is 10.9. The maximum absolute atomic E-state index is 13.2. The van der Waals surface area contributed by atoms with Crippen LogP contribution in [0.4, 0.5) is 0 Å². The summed E-state index contributed by atoms with van der Waals surface area (Å²) in [5.41, 5.74) is 2.61. The second kappa shape index (κ2) is 9.82. The minimum Gasteiger partial charge on any atom is -0.494 e. The van der Waals surface area contributed by atoms with Crippen molar-refractivity contribution in [1.29, 1.82) is 0 Å². The molecular formula is C25H22N4O3S2. The van der Waals surface area contributed by atoms with Crippen molar-refractivity contribution >= 4 is 33.3 Å². The molecule has 0 saturated heterocycles. The molecule has 9 heteroatoms. The number of nitrogens with zero attached hydrogens (tertiary/aromatic N) is 4. The summed E-state index contributed by atoms with van der Waals surface area (Å²) < 4.78 is 13.3. The standard InChI is InChI=1S/C25H22N4O3S2/c1-3-29-24(30)22-19(14-20(34-22)16-8-6-5-7-9-16)26-25(29)33-15-21-27-23(28-32-21)17-10-12-18(13-11-17)31-4-2/h5-14H,3-4,15H2,1-2H3. The van der Waals surface area contributed by atoms with E-state index in [4.69, 9.17) is 14.2 Å². The van der Waals surface area contributed by atoms with Gasteiger partial charge in [0.15, 0.2) is 5.16 Å². The number of aromatic nitrogens is 4. The number of hydrogen-bond acceptors (Lipinski definition) is 8. The van der Waals surface area contributed by atoms with Crippen LogP contribution in [0.5, 0.6) is 5.75 Å². The normalized spacial score (nSPS) is 11.2. The summed E-state index contributed by atoms with van der Waals surface area (Å²) in [4.78, 5) is 23.5. The van der Waals surface area contributed by atoms with E-state index in [9.17, 15) is 4.79 Å². The first kappa shape index (κ1) is 22.4. The number of rotatable bonds is 8. The zero-order valence-electron chi connectivity index (χ0n) is 18.7. The molecule has 5 aromatic rings. The molecule has 0 unspecified atom stereocenters. The molecule has 0 aliphatic carbocycles. The zero-order chi connectivity index (χ0) is 23.5. The number of fused-ring (bicyclic) bond motifs is 1. The van der Waals surface area contributed by atoms with Gasteiger partial charge in [-0.15, -0.1) is 11.3 Å². The van der Waals surface area contributed by atoms with Crippen molar-refractivity contribution in [3.8, 4) is 27.6 Å². The van der Waals surface area contributed by atoms with Gasteiger partial charge < -0.3 is 9.26 Å². The quantitative estimate of drug-likeness (QED) is 0.198. The molecule has 34 heavy (non-hydrogen) atoms. The van der Waals surface area contributed by atoms with E-state index in [2.05, 4.69) is 10.1 Å². The van der Waals surface area contributed by atoms with Crippen LogP contribution in [0, 0.1) is 0 Å². The average molecular weight is 491 g/mol. The third kappa shape index (κ3) is 4.49. The van der Waals surface area contributed by atoms with Crippen molar-refractivity contribution in [3.63, 3.8) is 0 Å². The second-order valence-electron chi connectivity index (χ2n) is 7.39. The number of thioether (sulfide) groups is 1. The summed E-state index contributed by atoms with van der Waals surface area (Å²) in [6, 6.07) is 19.6. The summed E-state index contributed by atoms with van der Waals surface area (Å²) in [7, 11) is 0. The molecule has 0 amide bonds. The Morgan fingerprint density at radius 3 is 2.56 bits per heavy atom. The Labute approximate surface area is 204 Å². The van der Waals surface area contributed by atoms with Crippen LogP contribution in [-0.4, -0.2) is 26.3 Å². The van der Waals surface area contributed by atoms with Crippen LogP contribution in [0.25, 0.3) is 32.0 Å². The maximum atomic E-state index is 13.2. The molecule has 0 spiro atoms. The van der Waals surface area contributed by atoms with Crippen molar-refractivity contribution in [2.24, 2.45) is 0 Å². The molecule has 7 nitrogen and oxygen atoms in total. The first-order chi connectivity index (χ1) is 16.7. The van der Waals surface area contributed by atoms with E-state index in [1.54, 1.807) is 4.57 Å². The smallest absolute Gasteiger partial charge is 0.272 e. The molecule has 0 bridgehead atoms. The lowest BCUT2D eigenvalue weighted by Crippen LogP contribution is -2.21. The lowest BCUT2D eigenvalue weighted by atomic mass is 10.2. The van der Waals surface area contributed by atoms with Gasteiger partial charge in [0.2, 0.25) is 11.7 Å². The topological polar surface area (TPSA) is 83.0 Å². The predicted molar refractivity (Wildman–Crippen MR) is 135 cm³/mol. The highest BCUT2D eigenvalue weighted by Crippen LogP contribution is 2.32. The van der Waals surface area contributed by atoms with Crippen molar-refractivity contribution in [1.82, 2.24) is 19.7 Å². The summed E-state index contributed by atoms with van der Waals surface area (Å²) >= 11 is 2.90. The molecule has 2 aromatic carbocycles. The highest BCUT2D eigenvalue weighted by molar-refractivity contribution is 7.98. The maximum Gasteiger partial charge on any atom is 0.272 e. The average Bonchev–Trinajstić information content (AvgIpc) is 3.52. The van der Waals surface area contributed by atoms with E-state index < -0.39 is 0 Å². The van der Waals surface area contributed by atoms with Gasteiger partial charge in [0.1, 0.15) is 10.4 Å². The minimum atomic E-state index is -0.0252. The van der Waals surface area contributed by atoms with Gasteiger partial charge in [-0.05, 0) is 49.7 Å². The van der Waals surface area contributed by atoms with Crippen molar-refractivity contribution in [2.75, 3.05) is 6.61 Å². The van der Waals surface area contributed by atoms with Gasteiger partial charge in [0.25, 0.3) is 5.56 Å².